The first-order chi connectivity index (χ1) is 12.5. The molecule has 1 aromatic rings. The molecule has 1 aliphatic rings. The first-order valence-electron chi connectivity index (χ1n) is 7.35. The average Bonchev–Trinajstić information content (AvgIpc) is 2.57. The fourth-order valence-corrected chi connectivity index (χ4v) is 2.06. The zero-order chi connectivity index (χ0) is 20.2. The summed E-state index contributed by atoms with van der Waals surface area (Å²) in [5, 5.41) is 14.3. The van der Waals surface area contributed by atoms with Crippen LogP contribution in [0.5, 0.6) is 5.75 Å². The molecule has 0 radical (unpaired) electrons. The van der Waals surface area contributed by atoms with Crippen LogP contribution in [-0.2, 0) is 4.79 Å². The number of benzene rings is 1. The molecule has 0 fully saturated rings. The highest BCUT2D eigenvalue weighted by Crippen LogP contribution is 2.23. The first kappa shape index (κ1) is 20.6. The Morgan fingerprint density at radius 3 is 2.37 bits per heavy atom. The van der Waals surface area contributed by atoms with Crippen molar-refractivity contribution in [2.24, 2.45) is 5.10 Å². The molecule has 1 aromatic carbocycles. The standard InChI is InChI=1S/C15H13F6N3O3/c16-14(17,18)12(7-25)23-13(26)9-5-11(24-22-6-9)8-1-3-10(4-2-8)27-15(19,20)21/h1-5,12,22,25H,6-7H2,(H,23,26). The van der Waals surface area contributed by atoms with Crippen LogP contribution in [0.2, 0.25) is 0 Å². The predicted octanol–water partition coefficient (Wildman–Crippen LogP) is 1.86. The molecule has 1 atom stereocenters. The highest BCUT2D eigenvalue weighted by molar-refractivity contribution is 6.13. The third-order valence-corrected chi connectivity index (χ3v) is 3.34. The molecule has 148 valence electrons. The molecule has 0 bridgehead atoms. The average molecular weight is 397 g/mol. The van der Waals surface area contributed by atoms with Crippen molar-refractivity contribution in [1.29, 1.82) is 0 Å². The Balaban J connectivity index is 2.12. The Morgan fingerprint density at radius 1 is 1.22 bits per heavy atom. The number of nitrogens with one attached hydrogen (secondary N) is 2. The smallest absolute Gasteiger partial charge is 0.406 e. The summed E-state index contributed by atoms with van der Waals surface area (Å²) in [6.45, 7) is -1.49. The van der Waals surface area contributed by atoms with E-state index in [4.69, 9.17) is 5.11 Å². The lowest BCUT2D eigenvalue weighted by atomic mass is 10.1. The summed E-state index contributed by atoms with van der Waals surface area (Å²) in [4.78, 5) is 12.0. The van der Waals surface area contributed by atoms with Crippen molar-refractivity contribution in [2.45, 2.75) is 18.6 Å². The van der Waals surface area contributed by atoms with E-state index in [1.54, 1.807) is 5.32 Å². The van der Waals surface area contributed by atoms with Gasteiger partial charge >= 0.3 is 12.5 Å². The van der Waals surface area contributed by atoms with E-state index < -0.39 is 36.8 Å². The first-order valence-corrected chi connectivity index (χ1v) is 7.35. The van der Waals surface area contributed by atoms with Crippen LogP contribution in [0.1, 0.15) is 5.56 Å². The lowest BCUT2D eigenvalue weighted by Crippen LogP contribution is -2.49. The minimum Gasteiger partial charge on any atom is -0.406 e. The SMILES string of the molecule is O=C(NC(CO)C(F)(F)F)C1=CC(c2ccc(OC(F)(F)F)cc2)=NNC1. The van der Waals surface area contributed by atoms with E-state index in [9.17, 15) is 31.1 Å². The molecule has 0 aliphatic carbocycles. The molecule has 27 heavy (non-hydrogen) atoms. The quantitative estimate of drug-likeness (QED) is 0.663. The van der Waals surface area contributed by atoms with Crippen molar-refractivity contribution in [3.05, 3.63) is 41.5 Å². The Morgan fingerprint density at radius 2 is 1.85 bits per heavy atom. The van der Waals surface area contributed by atoms with Crippen LogP contribution in [0.3, 0.4) is 0 Å². The Kier molecular flexibility index (Phi) is 5.98. The van der Waals surface area contributed by atoms with Crippen LogP contribution < -0.4 is 15.5 Å². The van der Waals surface area contributed by atoms with Crippen molar-refractivity contribution in [2.75, 3.05) is 13.2 Å². The maximum absolute atomic E-state index is 12.6. The molecule has 1 heterocycles. The lowest BCUT2D eigenvalue weighted by Gasteiger charge is -2.21. The number of alkyl halides is 6. The number of hydrogen-bond acceptors (Lipinski definition) is 5. The van der Waals surface area contributed by atoms with Crippen molar-refractivity contribution >= 4 is 11.6 Å². The molecular weight excluding hydrogens is 384 g/mol. The fourth-order valence-electron chi connectivity index (χ4n) is 2.06. The van der Waals surface area contributed by atoms with E-state index >= 15 is 0 Å². The minimum atomic E-state index is -4.85. The molecule has 1 amide bonds. The number of aliphatic hydroxyl groups is 1. The van der Waals surface area contributed by atoms with E-state index in [0.29, 0.717) is 5.56 Å². The predicted molar refractivity (Wildman–Crippen MR) is 80.8 cm³/mol. The summed E-state index contributed by atoms with van der Waals surface area (Å²) in [6, 6.07) is 2.11. The van der Waals surface area contributed by atoms with Crippen molar-refractivity contribution < 1.29 is 41.0 Å². The van der Waals surface area contributed by atoms with Gasteiger partial charge in [-0.3, -0.25) is 4.79 Å². The van der Waals surface area contributed by atoms with Crippen LogP contribution in [-0.4, -0.2) is 48.5 Å². The van der Waals surface area contributed by atoms with Crippen LogP contribution in [0.25, 0.3) is 0 Å². The van der Waals surface area contributed by atoms with Gasteiger partial charge in [0.2, 0.25) is 5.91 Å². The van der Waals surface area contributed by atoms with Gasteiger partial charge in [0, 0.05) is 11.1 Å². The van der Waals surface area contributed by atoms with E-state index in [2.05, 4.69) is 15.3 Å². The number of allylic oxidation sites excluding steroid dienone is 1. The normalized spacial score (nSPS) is 16.0. The highest BCUT2D eigenvalue weighted by atomic mass is 19.4. The van der Waals surface area contributed by atoms with Gasteiger partial charge in [0.05, 0.1) is 18.9 Å². The zero-order valence-corrected chi connectivity index (χ0v) is 13.4. The summed E-state index contributed by atoms with van der Waals surface area (Å²) in [6.07, 6.45) is -8.48. The molecule has 0 aromatic heterocycles. The van der Waals surface area contributed by atoms with Crippen LogP contribution in [0.4, 0.5) is 26.3 Å². The molecule has 0 saturated heterocycles. The molecule has 12 heteroatoms. The number of nitrogens with zero attached hydrogens (tertiary/aromatic N) is 1. The van der Waals surface area contributed by atoms with Gasteiger partial charge in [0.1, 0.15) is 11.8 Å². The lowest BCUT2D eigenvalue weighted by molar-refractivity contribution is -0.274. The number of amides is 1. The summed E-state index contributed by atoms with van der Waals surface area (Å²) in [5.74, 6) is -1.53. The Bertz CT molecular complexity index is 741. The largest absolute Gasteiger partial charge is 0.573 e. The van der Waals surface area contributed by atoms with E-state index in [0.717, 1.165) is 12.1 Å². The number of halogens is 6. The monoisotopic (exact) mass is 397 g/mol. The maximum atomic E-state index is 12.6. The number of carbonyl (C=O) groups is 1. The van der Waals surface area contributed by atoms with Gasteiger partial charge in [0.15, 0.2) is 0 Å². The maximum Gasteiger partial charge on any atom is 0.573 e. The Labute approximate surface area is 148 Å². The van der Waals surface area contributed by atoms with Gasteiger partial charge in [-0.1, -0.05) is 0 Å². The third kappa shape index (κ3) is 5.88. The van der Waals surface area contributed by atoms with E-state index in [1.807, 2.05) is 0 Å². The summed E-state index contributed by atoms with van der Waals surface area (Å²) >= 11 is 0. The summed E-state index contributed by atoms with van der Waals surface area (Å²) in [5.41, 5.74) is 2.78. The van der Waals surface area contributed by atoms with Gasteiger partial charge < -0.3 is 20.6 Å². The number of hydrogen-bond donors (Lipinski definition) is 3. The van der Waals surface area contributed by atoms with Crippen LogP contribution >= 0.6 is 0 Å². The zero-order valence-electron chi connectivity index (χ0n) is 13.4. The van der Waals surface area contributed by atoms with E-state index in [-0.39, 0.29) is 17.8 Å². The van der Waals surface area contributed by atoms with E-state index in [1.165, 1.54) is 18.2 Å². The molecule has 3 N–H and O–H groups in total. The van der Waals surface area contributed by atoms with Gasteiger partial charge in [0.25, 0.3) is 0 Å². The highest BCUT2D eigenvalue weighted by Gasteiger charge is 2.40. The number of aliphatic hydroxyl groups excluding tert-OH is 1. The fraction of sp³-hybridized carbons (Fsp3) is 0.333. The number of carbonyl (C=O) groups excluding carboxylic acids is 1. The summed E-state index contributed by atoms with van der Waals surface area (Å²) in [7, 11) is 0. The van der Waals surface area contributed by atoms with Crippen LogP contribution in [0.15, 0.2) is 41.0 Å². The van der Waals surface area contributed by atoms with Crippen molar-refractivity contribution in [3.8, 4) is 5.75 Å². The van der Waals surface area contributed by atoms with Gasteiger partial charge in [-0.2, -0.15) is 18.3 Å². The molecule has 1 unspecified atom stereocenters. The molecule has 1 aliphatic heterocycles. The minimum absolute atomic E-state index is 0.0988. The third-order valence-electron chi connectivity index (χ3n) is 3.34. The number of hydrazone groups is 1. The topological polar surface area (TPSA) is 83.0 Å². The summed E-state index contributed by atoms with van der Waals surface area (Å²) < 4.78 is 78.0. The van der Waals surface area contributed by atoms with Gasteiger partial charge in [-0.25, -0.2) is 0 Å². The van der Waals surface area contributed by atoms with Crippen LogP contribution in [0, 0.1) is 0 Å². The molecule has 0 spiro atoms. The van der Waals surface area contributed by atoms with Crippen molar-refractivity contribution in [1.82, 2.24) is 10.7 Å². The second kappa shape index (κ2) is 7.86. The molecule has 6 nitrogen and oxygen atoms in total. The second-order valence-corrected chi connectivity index (χ2v) is 5.32. The van der Waals surface area contributed by atoms with Gasteiger partial charge in [-0.15, -0.1) is 13.2 Å². The number of rotatable bonds is 5. The molecular formula is C15H13F6N3O3. The van der Waals surface area contributed by atoms with Crippen molar-refractivity contribution in [3.63, 3.8) is 0 Å². The molecule has 0 saturated carbocycles. The molecule has 2 rings (SSSR count). The number of ether oxygens (including phenoxy) is 1. The van der Waals surface area contributed by atoms with Gasteiger partial charge in [-0.05, 0) is 30.3 Å². The Hall–Kier alpha value is -2.76. The second-order valence-electron chi connectivity index (χ2n) is 5.32.